The number of unbranched alkanes of at least 4 members (excludes halogenated alkanes) is 1. The molecule has 0 aliphatic heterocycles. The van der Waals surface area contributed by atoms with Gasteiger partial charge in [0.15, 0.2) is 11.9 Å². The summed E-state index contributed by atoms with van der Waals surface area (Å²) in [4.78, 5) is 85.0. The second-order valence-corrected chi connectivity index (χ2v) is 16.6. The van der Waals surface area contributed by atoms with E-state index < -0.39 is 71.8 Å². The molecule has 66 heavy (non-hydrogen) atoms. The molecule has 0 aliphatic rings. The van der Waals surface area contributed by atoms with E-state index in [0.29, 0.717) is 24.9 Å². The number of aromatic hydroxyl groups is 1. The number of aromatic amines is 1. The van der Waals surface area contributed by atoms with Gasteiger partial charge >= 0.3 is 5.97 Å². The van der Waals surface area contributed by atoms with Crippen molar-refractivity contribution in [2.75, 3.05) is 19.6 Å². The summed E-state index contributed by atoms with van der Waals surface area (Å²) >= 11 is 0. The molecule has 0 aliphatic carbocycles. The number of fused-ring (bicyclic) bond motifs is 1. The van der Waals surface area contributed by atoms with Crippen molar-refractivity contribution in [3.05, 3.63) is 65.9 Å². The molecular formula is C44H68N14O8. The zero-order valence-corrected chi connectivity index (χ0v) is 37.6. The monoisotopic (exact) mass is 921 g/mol. The lowest BCUT2D eigenvalue weighted by Gasteiger charge is -2.28. The number of nitrogens with two attached hydrogens (primary N) is 4. The molecule has 22 nitrogen and oxygen atoms in total. The third-order valence-corrected chi connectivity index (χ3v) is 10.6. The summed E-state index contributed by atoms with van der Waals surface area (Å²) in [6.07, 6.45) is 3.44. The molecule has 3 aromatic rings. The van der Waals surface area contributed by atoms with Crippen molar-refractivity contribution in [3.63, 3.8) is 0 Å². The van der Waals surface area contributed by atoms with Crippen molar-refractivity contribution in [2.24, 2.45) is 28.9 Å². The van der Waals surface area contributed by atoms with Gasteiger partial charge in [0.2, 0.25) is 29.5 Å². The van der Waals surface area contributed by atoms with Crippen molar-refractivity contribution >= 4 is 58.3 Å². The fourth-order valence-electron chi connectivity index (χ4n) is 7.12. The van der Waals surface area contributed by atoms with Crippen molar-refractivity contribution in [1.82, 2.24) is 42.2 Å². The fraction of sp³-hybridized carbons (Fsp3) is 0.500. The van der Waals surface area contributed by atoms with E-state index in [9.17, 15) is 39.0 Å². The van der Waals surface area contributed by atoms with Gasteiger partial charge in [-0.3, -0.25) is 34.8 Å². The minimum Gasteiger partial charge on any atom is -0.508 e. The number of carboxylic acid groups (broad SMARTS) is 1. The van der Waals surface area contributed by atoms with Crippen LogP contribution in [0.25, 0.3) is 10.9 Å². The lowest BCUT2D eigenvalue weighted by molar-refractivity contribution is -0.142. The van der Waals surface area contributed by atoms with Crippen LogP contribution in [-0.2, 0) is 41.6 Å². The van der Waals surface area contributed by atoms with Gasteiger partial charge in [-0.1, -0.05) is 44.2 Å². The smallest absolute Gasteiger partial charge is 0.326 e. The molecule has 3 rings (SSSR count). The number of phenolic OH excluding ortho intramolecular Hbond substituents is 1. The minimum absolute atomic E-state index is 0.00364. The average Bonchev–Trinajstić information content (AvgIpc) is 3.67. The number of phenols is 1. The predicted molar refractivity (Wildman–Crippen MR) is 250 cm³/mol. The van der Waals surface area contributed by atoms with E-state index in [1.807, 2.05) is 38.1 Å². The SMILES string of the molecule is CC(C)C[C@H](NC(=O)[C@H](Cc1ccc(O)cc1)NC(=O)[C@@H](N)Cc1c[nH]c2ccccc12)C(=O)N[C@@H](CCCNC(=N)N)C(=O)N[C@@H](CCCCN)C(=O)N[C@@H](CCCNC(=N)N)C(=O)O. The Balaban J connectivity index is 1.85. The van der Waals surface area contributed by atoms with Crippen molar-refractivity contribution in [1.29, 1.82) is 10.8 Å². The number of H-pyrrole nitrogens is 1. The van der Waals surface area contributed by atoms with E-state index in [4.69, 9.17) is 33.8 Å². The zero-order chi connectivity index (χ0) is 48.8. The van der Waals surface area contributed by atoms with Crippen LogP contribution in [0, 0.1) is 16.7 Å². The third kappa shape index (κ3) is 18.6. The van der Waals surface area contributed by atoms with Gasteiger partial charge < -0.3 is 75.3 Å². The molecule has 0 spiro atoms. The topological polar surface area (TPSA) is 395 Å². The maximum absolute atomic E-state index is 14.2. The highest BCUT2D eigenvalue weighted by Crippen LogP contribution is 2.19. The number of benzene rings is 2. The predicted octanol–water partition coefficient (Wildman–Crippen LogP) is -0.804. The van der Waals surface area contributed by atoms with Gasteiger partial charge in [-0.05, 0) is 99.6 Å². The number of amides is 5. The number of para-hydroxylation sites is 1. The van der Waals surface area contributed by atoms with Gasteiger partial charge in [-0.25, -0.2) is 4.79 Å². The van der Waals surface area contributed by atoms with Crippen molar-refractivity contribution < 1.29 is 39.0 Å². The van der Waals surface area contributed by atoms with E-state index in [1.54, 1.807) is 18.3 Å². The molecule has 1 heterocycles. The number of guanidine groups is 2. The third-order valence-electron chi connectivity index (χ3n) is 10.6. The number of nitrogens with one attached hydrogen (secondary N) is 10. The van der Waals surface area contributed by atoms with Gasteiger partial charge in [0, 0.05) is 36.6 Å². The first-order valence-electron chi connectivity index (χ1n) is 22.1. The molecule has 0 unspecified atom stereocenters. The van der Waals surface area contributed by atoms with Crippen LogP contribution in [-0.4, -0.2) is 119 Å². The van der Waals surface area contributed by atoms with Crippen LogP contribution in [0.1, 0.15) is 76.3 Å². The highest BCUT2D eigenvalue weighted by atomic mass is 16.4. The first-order chi connectivity index (χ1) is 31.4. The maximum atomic E-state index is 14.2. The van der Waals surface area contributed by atoms with Crippen LogP contribution in [0.5, 0.6) is 5.75 Å². The Hall–Kier alpha value is -6.94. The van der Waals surface area contributed by atoms with E-state index in [0.717, 1.165) is 16.5 Å². The second-order valence-electron chi connectivity index (χ2n) is 16.6. The van der Waals surface area contributed by atoms with Crippen molar-refractivity contribution in [2.45, 2.75) is 114 Å². The van der Waals surface area contributed by atoms with Crippen molar-refractivity contribution in [3.8, 4) is 5.75 Å². The summed E-state index contributed by atoms with van der Waals surface area (Å²) < 4.78 is 0. The molecule has 0 saturated carbocycles. The number of aliphatic carboxylic acids is 1. The quantitative estimate of drug-likeness (QED) is 0.0230. The Labute approximate surface area is 383 Å². The van der Waals surface area contributed by atoms with Gasteiger partial charge in [-0.15, -0.1) is 0 Å². The molecule has 0 radical (unpaired) electrons. The largest absolute Gasteiger partial charge is 0.508 e. The lowest BCUT2D eigenvalue weighted by atomic mass is 9.99. The van der Waals surface area contributed by atoms with E-state index in [-0.39, 0.29) is 88.0 Å². The Morgan fingerprint density at radius 2 is 1.15 bits per heavy atom. The first kappa shape index (κ1) is 53.4. The summed E-state index contributed by atoms with van der Waals surface area (Å²) in [6.45, 7) is 4.31. The summed E-state index contributed by atoms with van der Waals surface area (Å²) in [6, 6.07) is 6.26. The number of carboxylic acids is 1. The molecule has 0 saturated heterocycles. The standard InChI is InChI=1S/C44H68N14O8/c1-25(2)21-35(58-41(64)36(22-26-14-16-28(59)17-15-26)57-37(60)30(46)23-27-24-53-31-10-4-3-9-29(27)31)40(63)55-33(12-7-19-51-43(47)48)38(61)54-32(11-5-6-18-45)39(62)56-34(42(65)66)13-8-20-52-44(49)50/h3-4,9-10,14-17,24-25,30,32-36,53,59H,5-8,11-13,18-23,45-46H2,1-2H3,(H,54,61)(H,55,63)(H,56,62)(H,57,60)(H,58,64)(H,65,66)(H4,47,48,51)(H4,49,50,52)/t30-,32-,33-,34-,35-,36-/m0/s1. The molecule has 5 amide bonds. The van der Waals surface area contributed by atoms with E-state index in [2.05, 4.69) is 42.2 Å². The minimum atomic E-state index is -1.33. The summed E-state index contributed by atoms with van der Waals surface area (Å²) in [7, 11) is 0. The van der Waals surface area contributed by atoms with Crippen LogP contribution < -0.4 is 60.2 Å². The zero-order valence-electron chi connectivity index (χ0n) is 37.6. The Morgan fingerprint density at radius 3 is 1.71 bits per heavy atom. The second kappa shape index (κ2) is 27.4. The van der Waals surface area contributed by atoms with Gasteiger partial charge in [-0.2, -0.15) is 0 Å². The Morgan fingerprint density at radius 1 is 0.652 bits per heavy atom. The van der Waals surface area contributed by atoms with Gasteiger partial charge in [0.1, 0.15) is 36.0 Å². The summed E-state index contributed by atoms with van der Waals surface area (Å²) in [5.74, 6) is -5.69. The summed E-state index contributed by atoms with van der Waals surface area (Å²) in [5, 5.41) is 54.1. The number of hydrogen-bond acceptors (Lipinski definition) is 11. The molecular weight excluding hydrogens is 853 g/mol. The molecule has 0 fully saturated rings. The summed E-state index contributed by atoms with van der Waals surface area (Å²) in [5.41, 5.74) is 25.1. The van der Waals surface area contributed by atoms with Gasteiger partial charge in [0.25, 0.3) is 0 Å². The van der Waals surface area contributed by atoms with E-state index >= 15 is 0 Å². The Kier molecular flexibility index (Phi) is 22.2. The molecule has 22 heteroatoms. The molecule has 362 valence electrons. The number of hydrogen-bond donors (Lipinski definition) is 16. The lowest BCUT2D eigenvalue weighted by Crippen LogP contribution is -2.59. The van der Waals surface area contributed by atoms with Crippen LogP contribution in [0.3, 0.4) is 0 Å². The molecule has 0 bridgehead atoms. The highest BCUT2D eigenvalue weighted by molar-refractivity contribution is 5.96. The normalized spacial score (nSPS) is 13.8. The molecule has 1 aromatic heterocycles. The van der Waals surface area contributed by atoms with Crippen LogP contribution in [0.2, 0.25) is 0 Å². The number of rotatable bonds is 29. The molecule has 6 atom stereocenters. The number of aromatic nitrogens is 1. The van der Waals surface area contributed by atoms with Crippen LogP contribution >= 0.6 is 0 Å². The van der Waals surface area contributed by atoms with Crippen LogP contribution in [0.15, 0.2) is 54.7 Å². The van der Waals surface area contributed by atoms with Gasteiger partial charge in [0.05, 0.1) is 6.04 Å². The first-order valence-corrected chi connectivity index (χ1v) is 22.1. The van der Waals surface area contributed by atoms with Crippen LogP contribution in [0.4, 0.5) is 0 Å². The number of carbonyl (C=O) groups excluding carboxylic acids is 5. The highest BCUT2D eigenvalue weighted by Gasteiger charge is 2.33. The van der Waals surface area contributed by atoms with E-state index in [1.165, 1.54) is 12.1 Å². The average molecular weight is 921 g/mol. The fourth-order valence-corrected chi connectivity index (χ4v) is 7.12. The molecule has 20 N–H and O–H groups in total. The number of carbonyl (C=O) groups is 6. The maximum Gasteiger partial charge on any atom is 0.326 e. The molecule has 2 aromatic carbocycles. The Bertz CT molecular complexity index is 2100.